The van der Waals surface area contributed by atoms with Crippen molar-refractivity contribution in [2.75, 3.05) is 31.1 Å². The highest BCUT2D eigenvalue weighted by molar-refractivity contribution is 7.92. The van der Waals surface area contributed by atoms with Gasteiger partial charge in [-0.15, -0.1) is 0 Å². The largest absolute Gasteiger partial charge is 0.497 e. The molecule has 0 unspecified atom stereocenters. The summed E-state index contributed by atoms with van der Waals surface area (Å²) in [4.78, 5) is 29.2. The van der Waals surface area contributed by atoms with Crippen LogP contribution in [-0.4, -0.2) is 58.0 Å². The number of hydrogen-bond donors (Lipinski definition) is 1. The Balaban J connectivity index is 2.09. The van der Waals surface area contributed by atoms with Crippen molar-refractivity contribution in [1.82, 2.24) is 10.2 Å². The number of nitrogens with zero attached hydrogens (tertiary/aromatic N) is 2. The molecule has 9 nitrogen and oxygen atoms in total. The van der Waals surface area contributed by atoms with Gasteiger partial charge >= 0.3 is 0 Å². The standard InChI is InChI=1S/C33H43N3O6S/c1-6-9-21-34-33(38)29(7-2)35(23-26-13-12-14-27(22-26)41-5)32(37)24-36(30-15-10-11-16-31(30)42-8-3)43(39,40)28-19-17-25(4)18-20-28/h10-20,22,29H,6-9,21,23-24H2,1-5H3,(H,34,38)/t29-/m1/s1. The fraction of sp³-hybridized carbons (Fsp3) is 0.394. The molecule has 0 bridgehead atoms. The molecule has 0 aliphatic rings. The first kappa shape index (κ1) is 33.5. The summed E-state index contributed by atoms with van der Waals surface area (Å²) in [5.41, 5.74) is 1.89. The number of benzene rings is 3. The van der Waals surface area contributed by atoms with E-state index in [-0.39, 0.29) is 23.0 Å². The van der Waals surface area contributed by atoms with Crippen molar-refractivity contribution in [1.29, 1.82) is 0 Å². The maximum Gasteiger partial charge on any atom is 0.264 e. The number of aryl methyl sites for hydroxylation is 1. The maximum atomic E-state index is 14.3. The van der Waals surface area contributed by atoms with Gasteiger partial charge < -0.3 is 19.7 Å². The molecule has 232 valence electrons. The molecule has 0 saturated carbocycles. The van der Waals surface area contributed by atoms with Gasteiger partial charge in [-0.25, -0.2) is 8.42 Å². The molecule has 1 N–H and O–H groups in total. The number of carbonyl (C=O) groups is 2. The predicted octanol–water partition coefficient (Wildman–Crippen LogP) is 5.32. The van der Waals surface area contributed by atoms with Gasteiger partial charge in [0.05, 0.1) is 24.3 Å². The number of hydrogen-bond acceptors (Lipinski definition) is 6. The summed E-state index contributed by atoms with van der Waals surface area (Å²) < 4.78 is 40.5. The third kappa shape index (κ3) is 8.73. The molecule has 0 aliphatic heterocycles. The third-order valence-electron chi connectivity index (χ3n) is 7.02. The first-order valence-electron chi connectivity index (χ1n) is 14.7. The van der Waals surface area contributed by atoms with Crippen molar-refractivity contribution in [2.24, 2.45) is 0 Å². The molecule has 0 heterocycles. The molecule has 0 fully saturated rings. The zero-order chi connectivity index (χ0) is 31.4. The fourth-order valence-corrected chi connectivity index (χ4v) is 6.11. The van der Waals surface area contributed by atoms with E-state index in [1.54, 1.807) is 62.6 Å². The number of ether oxygens (including phenoxy) is 2. The molecular weight excluding hydrogens is 566 g/mol. The number of unbranched alkanes of at least 4 members (excludes halogenated alkanes) is 1. The van der Waals surface area contributed by atoms with Crippen LogP contribution >= 0.6 is 0 Å². The van der Waals surface area contributed by atoms with Gasteiger partial charge in [0.15, 0.2) is 0 Å². The molecule has 3 aromatic rings. The van der Waals surface area contributed by atoms with E-state index < -0.39 is 28.5 Å². The summed E-state index contributed by atoms with van der Waals surface area (Å²) in [6, 6.07) is 19.6. The number of methoxy groups -OCH3 is 1. The van der Waals surface area contributed by atoms with Crippen molar-refractivity contribution in [2.45, 2.75) is 64.4 Å². The van der Waals surface area contributed by atoms with Crippen LogP contribution in [0, 0.1) is 6.92 Å². The van der Waals surface area contributed by atoms with E-state index in [4.69, 9.17) is 9.47 Å². The molecule has 3 aromatic carbocycles. The lowest BCUT2D eigenvalue weighted by Gasteiger charge is -2.33. The smallest absolute Gasteiger partial charge is 0.264 e. The topological polar surface area (TPSA) is 105 Å². The fourth-order valence-electron chi connectivity index (χ4n) is 4.68. The minimum atomic E-state index is -4.21. The second kappa shape index (κ2) is 16.0. The molecule has 0 spiro atoms. The predicted molar refractivity (Wildman–Crippen MR) is 169 cm³/mol. The van der Waals surface area contributed by atoms with Crippen LogP contribution < -0.4 is 19.1 Å². The molecule has 2 amide bonds. The van der Waals surface area contributed by atoms with E-state index in [0.29, 0.717) is 31.1 Å². The summed E-state index contributed by atoms with van der Waals surface area (Å²) in [5.74, 6) is 0.133. The SMILES string of the molecule is CCCCNC(=O)[C@@H](CC)N(Cc1cccc(OC)c1)C(=O)CN(c1ccccc1OCC)S(=O)(=O)c1ccc(C)cc1. The van der Waals surface area contributed by atoms with E-state index in [2.05, 4.69) is 5.32 Å². The van der Waals surface area contributed by atoms with Gasteiger partial charge in [0.2, 0.25) is 11.8 Å². The minimum absolute atomic E-state index is 0.0425. The van der Waals surface area contributed by atoms with Gasteiger partial charge in [-0.1, -0.05) is 62.2 Å². The Labute approximate surface area is 255 Å². The van der Waals surface area contributed by atoms with Crippen LogP contribution in [0.3, 0.4) is 0 Å². The van der Waals surface area contributed by atoms with E-state index in [0.717, 1.165) is 28.3 Å². The summed E-state index contributed by atoms with van der Waals surface area (Å²) in [6.07, 6.45) is 2.06. The van der Waals surface area contributed by atoms with Crippen molar-refractivity contribution in [3.63, 3.8) is 0 Å². The Kier molecular flexibility index (Phi) is 12.4. The maximum absolute atomic E-state index is 14.3. The lowest BCUT2D eigenvalue weighted by molar-refractivity contribution is -0.140. The quantitative estimate of drug-likeness (QED) is 0.221. The number of anilines is 1. The van der Waals surface area contributed by atoms with Gasteiger partial charge in [0.1, 0.15) is 24.1 Å². The molecular formula is C33H43N3O6S. The zero-order valence-electron chi connectivity index (χ0n) is 25.7. The normalized spacial score (nSPS) is 11.8. The lowest BCUT2D eigenvalue weighted by Crippen LogP contribution is -2.52. The molecule has 3 rings (SSSR count). The second-order valence-corrected chi connectivity index (χ2v) is 12.0. The Morgan fingerprint density at radius 1 is 0.953 bits per heavy atom. The van der Waals surface area contributed by atoms with Crippen LogP contribution in [0.5, 0.6) is 11.5 Å². The van der Waals surface area contributed by atoms with E-state index in [9.17, 15) is 18.0 Å². The first-order chi connectivity index (χ1) is 20.7. The monoisotopic (exact) mass is 609 g/mol. The summed E-state index contributed by atoms with van der Waals surface area (Å²) in [7, 11) is -2.65. The number of rotatable bonds is 16. The summed E-state index contributed by atoms with van der Waals surface area (Å²) in [5, 5.41) is 2.94. The van der Waals surface area contributed by atoms with Crippen LogP contribution in [-0.2, 0) is 26.2 Å². The molecule has 43 heavy (non-hydrogen) atoms. The Morgan fingerprint density at radius 2 is 1.67 bits per heavy atom. The highest BCUT2D eigenvalue weighted by atomic mass is 32.2. The Hall–Kier alpha value is -4.05. The molecule has 0 aromatic heterocycles. The molecule has 10 heteroatoms. The van der Waals surface area contributed by atoms with Crippen molar-refractivity contribution in [3.05, 3.63) is 83.9 Å². The average Bonchev–Trinajstić information content (AvgIpc) is 3.00. The third-order valence-corrected chi connectivity index (χ3v) is 8.80. The zero-order valence-corrected chi connectivity index (χ0v) is 26.5. The van der Waals surface area contributed by atoms with Crippen molar-refractivity contribution in [3.8, 4) is 11.5 Å². The van der Waals surface area contributed by atoms with Crippen LogP contribution in [0.2, 0.25) is 0 Å². The number of amides is 2. The lowest BCUT2D eigenvalue weighted by atomic mass is 10.1. The Morgan fingerprint density at radius 3 is 2.33 bits per heavy atom. The molecule has 0 saturated heterocycles. The van der Waals surface area contributed by atoms with Gasteiger partial charge in [-0.3, -0.25) is 13.9 Å². The van der Waals surface area contributed by atoms with Gasteiger partial charge in [0.25, 0.3) is 10.0 Å². The Bertz CT molecular complexity index is 1460. The van der Waals surface area contributed by atoms with Crippen LogP contribution in [0.1, 0.15) is 51.2 Å². The highest BCUT2D eigenvalue weighted by Gasteiger charge is 2.34. The second-order valence-electron chi connectivity index (χ2n) is 10.2. The number of carbonyl (C=O) groups excluding carboxylic acids is 2. The van der Waals surface area contributed by atoms with Gasteiger partial charge in [0, 0.05) is 13.1 Å². The summed E-state index contributed by atoms with van der Waals surface area (Å²) >= 11 is 0. The average molecular weight is 610 g/mol. The number of nitrogens with one attached hydrogen (secondary N) is 1. The van der Waals surface area contributed by atoms with E-state index in [1.807, 2.05) is 32.9 Å². The van der Waals surface area contributed by atoms with Gasteiger partial charge in [-0.2, -0.15) is 0 Å². The number of para-hydroxylation sites is 2. The molecule has 0 aliphatic carbocycles. The van der Waals surface area contributed by atoms with Gasteiger partial charge in [-0.05, 0) is 68.7 Å². The molecule has 1 atom stereocenters. The van der Waals surface area contributed by atoms with Crippen LogP contribution in [0.25, 0.3) is 0 Å². The van der Waals surface area contributed by atoms with Crippen LogP contribution in [0.15, 0.2) is 77.7 Å². The molecule has 0 radical (unpaired) electrons. The van der Waals surface area contributed by atoms with E-state index >= 15 is 0 Å². The van der Waals surface area contributed by atoms with E-state index in [1.165, 1.54) is 17.0 Å². The van der Waals surface area contributed by atoms with Crippen molar-refractivity contribution >= 4 is 27.5 Å². The summed E-state index contributed by atoms with van der Waals surface area (Å²) in [6.45, 7) is 7.88. The van der Waals surface area contributed by atoms with Crippen LogP contribution in [0.4, 0.5) is 5.69 Å². The highest BCUT2D eigenvalue weighted by Crippen LogP contribution is 2.33. The number of sulfonamides is 1. The first-order valence-corrected chi connectivity index (χ1v) is 16.1. The minimum Gasteiger partial charge on any atom is -0.497 e. The van der Waals surface area contributed by atoms with Crippen molar-refractivity contribution < 1.29 is 27.5 Å².